The van der Waals surface area contributed by atoms with Crippen LogP contribution in [-0.2, 0) is 0 Å². The lowest BCUT2D eigenvalue weighted by Crippen LogP contribution is -1.71. The summed E-state index contributed by atoms with van der Waals surface area (Å²) in [6.07, 6.45) is 23.5. The van der Waals surface area contributed by atoms with E-state index in [4.69, 9.17) is 0 Å². The van der Waals surface area contributed by atoms with Crippen LogP contribution in [0.25, 0.3) is 0 Å². The predicted octanol–water partition coefficient (Wildman–Crippen LogP) is 4.18. The van der Waals surface area contributed by atoms with E-state index in [0.717, 1.165) is 6.42 Å². The molecule has 70 valence electrons. The number of hydrogen-bond acceptors (Lipinski definition) is 0. The summed E-state index contributed by atoms with van der Waals surface area (Å²) >= 11 is 0. The fourth-order valence-corrected chi connectivity index (χ4v) is 1.28. The Morgan fingerprint density at radius 1 is 0.538 bits per heavy atom. The zero-order valence-corrected chi connectivity index (χ0v) is 8.15. The molecular formula is C13H18. The minimum absolute atomic E-state index is 1.06. The predicted molar refractivity (Wildman–Crippen MR) is 59.6 cm³/mol. The second-order valence-electron chi connectivity index (χ2n) is 3.23. The first kappa shape index (κ1) is 10.0. The highest BCUT2D eigenvalue weighted by atomic mass is 13.9. The zero-order valence-electron chi connectivity index (χ0n) is 8.15. The third kappa shape index (κ3) is 6.15. The molecule has 0 amide bonds. The number of allylic oxidation sites excluding steroid dienone is 8. The van der Waals surface area contributed by atoms with Gasteiger partial charge in [0.05, 0.1) is 0 Å². The fraction of sp³-hybridized carbons (Fsp3) is 0.385. The third-order valence-corrected chi connectivity index (χ3v) is 2.04. The van der Waals surface area contributed by atoms with Crippen LogP contribution in [-0.4, -0.2) is 0 Å². The highest BCUT2D eigenvalue weighted by Crippen LogP contribution is 2.03. The molecule has 0 aromatic rings. The van der Waals surface area contributed by atoms with Gasteiger partial charge in [0, 0.05) is 0 Å². The van der Waals surface area contributed by atoms with E-state index in [1.165, 1.54) is 25.7 Å². The van der Waals surface area contributed by atoms with Crippen LogP contribution in [0.4, 0.5) is 0 Å². The summed E-state index contributed by atoms with van der Waals surface area (Å²) in [4.78, 5) is 0. The molecule has 0 saturated heterocycles. The van der Waals surface area contributed by atoms with Crippen LogP contribution in [0.15, 0.2) is 48.6 Å². The largest absolute Gasteiger partial charge is 0.0882 e. The van der Waals surface area contributed by atoms with Gasteiger partial charge in [0.2, 0.25) is 0 Å². The van der Waals surface area contributed by atoms with Crippen molar-refractivity contribution >= 4 is 0 Å². The maximum absolute atomic E-state index is 2.29. The Morgan fingerprint density at radius 3 is 2.08 bits per heavy atom. The molecule has 0 fully saturated rings. The van der Waals surface area contributed by atoms with Gasteiger partial charge in [-0.1, -0.05) is 48.6 Å². The van der Waals surface area contributed by atoms with Crippen LogP contribution in [0.1, 0.15) is 32.1 Å². The second kappa shape index (κ2) is 7.60. The maximum atomic E-state index is 2.29. The van der Waals surface area contributed by atoms with Gasteiger partial charge < -0.3 is 0 Å². The fourth-order valence-electron chi connectivity index (χ4n) is 1.28. The van der Waals surface area contributed by atoms with E-state index in [1.807, 2.05) is 0 Å². The molecule has 0 radical (unpaired) electrons. The topological polar surface area (TPSA) is 0 Å². The van der Waals surface area contributed by atoms with Crippen LogP contribution in [0.5, 0.6) is 0 Å². The molecule has 1 aliphatic carbocycles. The average molecular weight is 174 g/mol. The summed E-state index contributed by atoms with van der Waals surface area (Å²) in [7, 11) is 0. The number of hydrogen-bond donors (Lipinski definition) is 0. The third-order valence-electron chi connectivity index (χ3n) is 2.04. The molecule has 13 heavy (non-hydrogen) atoms. The molecule has 0 heterocycles. The van der Waals surface area contributed by atoms with Gasteiger partial charge in [-0.3, -0.25) is 0 Å². The van der Waals surface area contributed by atoms with E-state index < -0.39 is 0 Å². The van der Waals surface area contributed by atoms with Crippen LogP contribution in [0.3, 0.4) is 0 Å². The van der Waals surface area contributed by atoms with E-state index in [1.54, 1.807) is 0 Å². The van der Waals surface area contributed by atoms with Crippen LogP contribution in [0.2, 0.25) is 0 Å². The number of rotatable bonds is 0. The van der Waals surface area contributed by atoms with Gasteiger partial charge >= 0.3 is 0 Å². The first-order chi connectivity index (χ1) is 6.50. The first-order valence-electron chi connectivity index (χ1n) is 5.13. The molecule has 0 saturated carbocycles. The minimum atomic E-state index is 1.06. The van der Waals surface area contributed by atoms with Crippen LogP contribution in [0, 0.1) is 0 Å². The molecular weight excluding hydrogens is 156 g/mol. The standard InChI is InChI=1S/C13H18/c1-2-4-6-8-10-12-13-11-9-7-5-3-1/h1-6,9,11H,7-8,10,12-13H2/b2-1-,5-3+,6-4?,11-9+. The Labute approximate surface area is 81.4 Å². The van der Waals surface area contributed by atoms with Gasteiger partial charge in [-0.2, -0.15) is 0 Å². The van der Waals surface area contributed by atoms with Gasteiger partial charge in [0.25, 0.3) is 0 Å². The van der Waals surface area contributed by atoms with E-state index in [0.29, 0.717) is 0 Å². The van der Waals surface area contributed by atoms with Crippen molar-refractivity contribution in [3.05, 3.63) is 48.6 Å². The Balaban J connectivity index is 2.38. The summed E-state index contributed by atoms with van der Waals surface area (Å²) in [5, 5.41) is 0. The summed E-state index contributed by atoms with van der Waals surface area (Å²) in [5.74, 6) is 0. The summed E-state index contributed by atoms with van der Waals surface area (Å²) < 4.78 is 0. The van der Waals surface area contributed by atoms with Crippen molar-refractivity contribution in [2.24, 2.45) is 0 Å². The van der Waals surface area contributed by atoms with Crippen LogP contribution >= 0.6 is 0 Å². The summed E-state index contributed by atoms with van der Waals surface area (Å²) in [6, 6.07) is 0. The molecule has 0 nitrogen and oxygen atoms in total. The van der Waals surface area contributed by atoms with Crippen molar-refractivity contribution in [3.8, 4) is 0 Å². The molecule has 0 N–H and O–H groups in total. The average Bonchev–Trinajstić information content (AvgIpc) is 2.18. The maximum Gasteiger partial charge on any atom is -0.0166 e. The Hall–Kier alpha value is -1.04. The monoisotopic (exact) mass is 174 g/mol. The molecule has 0 bridgehead atoms. The minimum Gasteiger partial charge on any atom is -0.0882 e. The van der Waals surface area contributed by atoms with Gasteiger partial charge in [-0.05, 0) is 32.1 Å². The molecule has 0 spiro atoms. The molecule has 1 rings (SSSR count). The summed E-state index contributed by atoms with van der Waals surface area (Å²) in [6.45, 7) is 0. The van der Waals surface area contributed by atoms with Crippen molar-refractivity contribution < 1.29 is 0 Å². The van der Waals surface area contributed by atoms with E-state index >= 15 is 0 Å². The molecule has 0 aromatic carbocycles. The summed E-state index contributed by atoms with van der Waals surface area (Å²) in [5.41, 5.74) is 0. The van der Waals surface area contributed by atoms with Crippen molar-refractivity contribution in [1.29, 1.82) is 0 Å². The quantitative estimate of drug-likeness (QED) is 0.483. The van der Waals surface area contributed by atoms with E-state index in [9.17, 15) is 0 Å². The molecule has 0 unspecified atom stereocenters. The van der Waals surface area contributed by atoms with Crippen molar-refractivity contribution in [2.45, 2.75) is 32.1 Å². The molecule has 0 atom stereocenters. The molecule has 0 aliphatic heterocycles. The Bertz CT molecular complexity index is 216. The van der Waals surface area contributed by atoms with E-state index in [2.05, 4.69) is 48.6 Å². The normalized spacial score (nSPS) is 26.5. The molecule has 0 aromatic heterocycles. The Morgan fingerprint density at radius 2 is 1.23 bits per heavy atom. The lowest BCUT2D eigenvalue weighted by Gasteiger charge is -1.91. The Kier molecular flexibility index (Phi) is 5.87. The zero-order chi connectivity index (χ0) is 9.19. The lowest BCUT2D eigenvalue weighted by atomic mass is 10.2. The highest BCUT2D eigenvalue weighted by molar-refractivity contribution is 5.12. The van der Waals surface area contributed by atoms with Crippen molar-refractivity contribution in [1.82, 2.24) is 0 Å². The van der Waals surface area contributed by atoms with Crippen molar-refractivity contribution in [3.63, 3.8) is 0 Å². The van der Waals surface area contributed by atoms with E-state index in [-0.39, 0.29) is 0 Å². The van der Waals surface area contributed by atoms with Crippen molar-refractivity contribution in [2.75, 3.05) is 0 Å². The lowest BCUT2D eigenvalue weighted by molar-refractivity contribution is 0.761. The first-order valence-corrected chi connectivity index (χ1v) is 5.13. The molecule has 1 aliphatic rings. The second-order valence-corrected chi connectivity index (χ2v) is 3.23. The van der Waals surface area contributed by atoms with Gasteiger partial charge in [0.15, 0.2) is 0 Å². The van der Waals surface area contributed by atoms with Gasteiger partial charge in [0.1, 0.15) is 0 Å². The molecule has 0 heteroatoms. The highest BCUT2D eigenvalue weighted by Gasteiger charge is 1.83. The SMILES string of the molecule is C1=CCCCC/C=C/C/C=C/C=C\1. The van der Waals surface area contributed by atoms with Gasteiger partial charge in [-0.25, -0.2) is 0 Å². The van der Waals surface area contributed by atoms with Gasteiger partial charge in [-0.15, -0.1) is 0 Å². The van der Waals surface area contributed by atoms with Crippen LogP contribution < -0.4 is 0 Å². The smallest absolute Gasteiger partial charge is 0.0166 e.